The standard InChI is InChI=1S/C16H30O2/c1-4-5-6-8-11-14(2)12-9-7-10-13-15(3)16(17)18/h13-14H,4-12H2,1-3H3,(H,17,18). The molecule has 0 bridgehead atoms. The Morgan fingerprint density at radius 1 is 1.11 bits per heavy atom. The predicted octanol–water partition coefficient (Wildman–Crippen LogP) is 5.18. The number of carboxylic acids is 1. The largest absolute Gasteiger partial charge is 0.478 e. The highest BCUT2D eigenvalue weighted by Gasteiger charge is 2.02. The van der Waals surface area contributed by atoms with Gasteiger partial charge in [-0.2, -0.15) is 0 Å². The molecule has 2 nitrogen and oxygen atoms in total. The van der Waals surface area contributed by atoms with Crippen molar-refractivity contribution in [2.45, 2.75) is 78.6 Å². The molecule has 0 fully saturated rings. The van der Waals surface area contributed by atoms with Gasteiger partial charge in [0.2, 0.25) is 0 Å². The van der Waals surface area contributed by atoms with Crippen molar-refractivity contribution in [3.63, 3.8) is 0 Å². The Kier molecular flexibility index (Phi) is 10.8. The summed E-state index contributed by atoms with van der Waals surface area (Å²) in [6.45, 7) is 6.25. The maximum absolute atomic E-state index is 10.6. The van der Waals surface area contributed by atoms with Crippen molar-refractivity contribution in [2.24, 2.45) is 5.92 Å². The van der Waals surface area contributed by atoms with Gasteiger partial charge < -0.3 is 5.11 Å². The molecular formula is C16H30O2. The molecule has 0 amide bonds. The van der Waals surface area contributed by atoms with Gasteiger partial charge in [-0.15, -0.1) is 0 Å². The van der Waals surface area contributed by atoms with Gasteiger partial charge in [-0.25, -0.2) is 4.79 Å². The third kappa shape index (κ3) is 10.4. The molecule has 106 valence electrons. The fraction of sp³-hybridized carbons (Fsp3) is 0.812. The van der Waals surface area contributed by atoms with E-state index in [2.05, 4.69) is 13.8 Å². The average molecular weight is 254 g/mol. The summed E-state index contributed by atoms with van der Waals surface area (Å²) >= 11 is 0. The van der Waals surface area contributed by atoms with Gasteiger partial charge in [-0.05, 0) is 25.7 Å². The first-order valence-electron chi connectivity index (χ1n) is 7.48. The predicted molar refractivity (Wildman–Crippen MR) is 77.8 cm³/mol. The minimum atomic E-state index is -0.792. The molecule has 1 N–H and O–H groups in total. The number of rotatable bonds is 11. The monoisotopic (exact) mass is 254 g/mol. The van der Waals surface area contributed by atoms with E-state index in [1.165, 1.54) is 44.9 Å². The molecule has 0 saturated heterocycles. The minimum Gasteiger partial charge on any atom is -0.478 e. The number of hydrogen-bond donors (Lipinski definition) is 1. The Labute approximate surface area is 112 Å². The Hall–Kier alpha value is -0.790. The fourth-order valence-corrected chi connectivity index (χ4v) is 2.11. The molecule has 0 aliphatic heterocycles. The third-order valence-corrected chi connectivity index (χ3v) is 3.49. The normalized spacial score (nSPS) is 13.6. The average Bonchev–Trinajstić information content (AvgIpc) is 2.33. The van der Waals surface area contributed by atoms with E-state index >= 15 is 0 Å². The molecule has 0 aliphatic rings. The van der Waals surface area contributed by atoms with Crippen LogP contribution in [0.25, 0.3) is 0 Å². The summed E-state index contributed by atoms with van der Waals surface area (Å²) in [5.41, 5.74) is 0.475. The maximum Gasteiger partial charge on any atom is 0.330 e. The molecular weight excluding hydrogens is 224 g/mol. The first kappa shape index (κ1) is 17.2. The number of unbranched alkanes of at least 4 members (excludes halogenated alkanes) is 5. The van der Waals surface area contributed by atoms with Gasteiger partial charge >= 0.3 is 5.97 Å². The molecule has 1 atom stereocenters. The summed E-state index contributed by atoms with van der Waals surface area (Å²) in [6.07, 6.45) is 13.1. The van der Waals surface area contributed by atoms with E-state index in [0.29, 0.717) is 5.57 Å². The molecule has 0 aromatic carbocycles. The fourth-order valence-electron chi connectivity index (χ4n) is 2.11. The second-order valence-electron chi connectivity index (χ2n) is 5.43. The SMILES string of the molecule is CCCCCCC(C)CCCCC=C(C)C(=O)O. The molecule has 0 spiro atoms. The number of carboxylic acid groups (broad SMARTS) is 1. The van der Waals surface area contributed by atoms with Crippen LogP contribution in [0, 0.1) is 5.92 Å². The van der Waals surface area contributed by atoms with Crippen molar-refractivity contribution in [1.82, 2.24) is 0 Å². The molecule has 0 radical (unpaired) electrons. The molecule has 2 heteroatoms. The van der Waals surface area contributed by atoms with Crippen LogP contribution in [0.4, 0.5) is 0 Å². The lowest BCUT2D eigenvalue weighted by atomic mass is 9.96. The van der Waals surface area contributed by atoms with Crippen molar-refractivity contribution in [3.05, 3.63) is 11.6 Å². The quantitative estimate of drug-likeness (QED) is 0.407. The van der Waals surface area contributed by atoms with E-state index in [4.69, 9.17) is 5.11 Å². The molecule has 18 heavy (non-hydrogen) atoms. The van der Waals surface area contributed by atoms with Crippen LogP contribution >= 0.6 is 0 Å². The Morgan fingerprint density at radius 3 is 2.28 bits per heavy atom. The number of hydrogen-bond acceptors (Lipinski definition) is 1. The van der Waals surface area contributed by atoms with Crippen LogP contribution in [0.2, 0.25) is 0 Å². The smallest absolute Gasteiger partial charge is 0.330 e. The van der Waals surface area contributed by atoms with E-state index in [0.717, 1.165) is 18.8 Å². The third-order valence-electron chi connectivity index (χ3n) is 3.49. The van der Waals surface area contributed by atoms with Gasteiger partial charge in [-0.3, -0.25) is 0 Å². The van der Waals surface area contributed by atoms with Gasteiger partial charge in [0.1, 0.15) is 0 Å². The summed E-state index contributed by atoms with van der Waals surface area (Å²) in [5, 5.41) is 8.70. The zero-order chi connectivity index (χ0) is 13.8. The second kappa shape index (κ2) is 11.3. The molecule has 0 rings (SSSR count). The molecule has 0 saturated carbocycles. The molecule has 0 heterocycles. The van der Waals surface area contributed by atoms with Gasteiger partial charge in [0.05, 0.1) is 0 Å². The summed E-state index contributed by atoms with van der Waals surface area (Å²) in [6, 6.07) is 0. The first-order valence-corrected chi connectivity index (χ1v) is 7.48. The summed E-state index contributed by atoms with van der Waals surface area (Å²) in [5.74, 6) is 0.0331. The summed E-state index contributed by atoms with van der Waals surface area (Å²) in [7, 11) is 0. The summed E-state index contributed by atoms with van der Waals surface area (Å²) in [4.78, 5) is 10.6. The molecule has 0 aliphatic carbocycles. The van der Waals surface area contributed by atoms with Crippen LogP contribution in [0.1, 0.15) is 78.6 Å². The van der Waals surface area contributed by atoms with E-state index in [-0.39, 0.29) is 0 Å². The topological polar surface area (TPSA) is 37.3 Å². The lowest BCUT2D eigenvalue weighted by Crippen LogP contribution is -1.96. The molecule has 1 unspecified atom stereocenters. The molecule has 0 aromatic rings. The van der Waals surface area contributed by atoms with Crippen molar-refractivity contribution in [1.29, 1.82) is 0 Å². The van der Waals surface area contributed by atoms with Crippen LogP contribution in [-0.4, -0.2) is 11.1 Å². The van der Waals surface area contributed by atoms with Gasteiger partial charge in [0, 0.05) is 5.57 Å². The van der Waals surface area contributed by atoms with Crippen molar-refractivity contribution >= 4 is 5.97 Å². The highest BCUT2D eigenvalue weighted by atomic mass is 16.4. The first-order chi connectivity index (χ1) is 8.57. The van der Waals surface area contributed by atoms with E-state index < -0.39 is 5.97 Å². The maximum atomic E-state index is 10.6. The van der Waals surface area contributed by atoms with E-state index in [9.17, 15) is 4.79 Å². The zero-order valence-electron chi connectivity index (χ0n) is 12.4. The molecule has 0 aromatic heterocycles. The highest BCUT2D eigenvalue weighted by Crippen LogP contribution is 2.17. The lowest BCUT2D eigenvalue weighted by molar-refractivity contribution is -0.132. The second-order valence-corrected chi connectivity index (χ2v) is 5.43. The van der Waals surface area contributed by atoms with Crippen LogP contribution < -0.4 is 0 Å². The lowest BCUT2D eigenvalue weighted by Gasteiger charge is -2.10. The minimum absolute atomic E-state index is 0.475. The van der Waals surface area contributed by atoms with Gasteiger partial charge in [-0.1, -0.05) is 64.9 Å². The van der Waals surface area contributed by atoms with Crippen molar-refractivity contribution < 1.29 is 9.90 Å². The van der Waals surface area contributed by atoms with Crippen molar-refractivity contribution in [2.75, 3.05) is 0 Å². The number of carbonyl (C=O) groups is 1. The van der Waals surface area contributed by atoms with Crippen molar-refractivity contribution in [3.8, 4) is 0 Å². The Bertz CT molecular complexity index is 243. The van der Waals surface area contributed by atoms with Gasteiger partial charge in [0.25, 0.3) is 0 Å². The van der Waals surface area contributed by atoms with E-state index in [1.807, 2.05) is 6.08 Å². The van der Waals surface area contributed by atoms with Crippen LogP contribution in [0.5, 0.6) is 0 Å². The van der Waals surface area contributed by atoms with Crippen LogP contribution in [-0.2, 0) is 4.79 Å². The Morgan fingerprint density at radius 2 is 1.72 bits per heavy atom. The van der Waals surface area contributed by atoms with E-state index in [1.54, 1.807) is 6.92 Å². The van der Waals surface area contributed by atoms with Crippen LogP contribution in [0.15, 0.2) is 11.6 Å². The number of aliphatic carboxylic acids is 1. The summed E-state index contributed by atoms with van der Waals surface area (Å²) < 4.78 is 0. The highest BCUT2D eigenvalue weighted by molar-refractivity contribution is 5.85. The van der Waals surface area contributed by atoms with Gasteiger partial charge in [0.15, 0.2) is 0 Å². The number of allylic oxidation sites excluding steroid dienone is 1. The zero-order valence-corrected chi connectivity index (χ0v) is 12.4. The van der Waals surface area contributed by atoms with Crippen LogP contribution in [0.3, 0.4) is 0 Å². The Balaban J connectivity index is 3.43.